The molecule has 126 valence electrons. The number of carboxylic acids is 1. The largest absolute Gasteiger partial charge is 0.481 e. The van der Waals surface area contributed by atoms with Crippen LogP contribution in [-0.2, 0) is 20.9 Å². The van der Waals surface area contributed by atoms with Gasteiger partial charge in [0.2, 0.25) is 0 Å². The molecule has 0 bridgehead atoms. The van der Waals surface area contributed by atoms with Gasteiger partial charge in [-0.25, -0.2) is 4.79 Å². The van der Waals surface area contributed by atoms with Gasteiger partial charge in [-0.15, -0.1) is 0 Å². The fourth-order valence-corrected chi connectivity index (χ4v) is 2.40. The van der Waals surface area contributed by atoms with Gasteiger partial charge >= 0.3 is 12.1 Å². The molecule has 2 rings (SSSR count). The number of carbonyl (C=O) groups excluding carboxylic acids is 1. The minimum absolute atomic E-state index is 0.141. The molecule has 1 atom stereocenters. The summed E-state index contributed by atoms with van der Waals surface area (Å²) >= 11 is 0. The highest BCUT2D eigenvalue weighted by atomic mass is 16.5. The van der Waals surface area contributed by atoms with Crippen LogP contribution in [0.2, 0.25) is 0 Å². The number of amides is 1. The average molecular weight is 322 g/mol. The van der Waals surface area contributed by atoms with E-state index in [4.69, 9.17) is 14.6 Å². The Bertz CT molecular complexity index is 502. The first-order valence-electron chi connectivity index (χ1n) is 7.62. The van der Waals surface area contributed by atoms with Gasteiger partial charge in [0.05, 0.1) is 25.7 Å². The molecule has 1 aliphatic heterocycles. The number of carboxylic acid groups (broad SMARTS) is 1. The van der Waals surface area contributed by atoms with Crippen LogP contribution in [0.25, 0.3) is 0 Å². The number of ether oxygens (including phenoxy) is 2. The molecule has 1 aliphatic rings. The number of carbonyl (C=O) groups is 2. The highest BCUT2D eigenvalue weighted by Crippen LogP contribution is 2.04. The Morgan fingerprint density at radius 3 is 2.61 bits per heavy atom. The molecule has 0 radical (unpaired) electrons. The normalized spacial score (nSPS) is 16.5. The summed E-state index contributed by atoms with van der Waals surface area (Å²) in [6, 6.07) is 8.83. The molecule has 0 spiro atoms. The van der Waals surface area contributed by atoms with Crippen LogP contribution in [-0.4, -0.2) is 61.0 Å². The van der Waals surface area contributed by atoms with E-state index in [0.29, 0.717) is 19.8 Å². The van der Waals surface area contributed by atoms with Crippen LogP contribution >= 0.6 is 0 Å². The lowest BCUT2D eigenvalue weighted by atomic mass is 10.2. The molecule has 1 fully saturated rings. The maximum absolute atomic E-state index is 11.9. The molecule has 1 aromatic rings. The predicted molar refractivity (Wildman–Crippen MR) is 83.1 cm³/mol. The third kappa shape index (κ3) is 6.66. The smallest absolute Gasteiger partial charge is 0.407 e. The SMILES string of the molecule is O=C(O)C[C@@H](CN1CCOCC1)NC(=O)OCc1ccccc1. The summed E-state index contributed by atoms with van der Waals surface area (Å²) in [6.45, 7) is 3.34. The number of hydrogen-bond acceptors (Lipinski definition) is 5. The fourth-order valence-electron chi connectivity index (χ4n) is 2.40. The summed E-state index contributed by atoms with van der Waals surface area (Å²) in [6.07, 6.45) is -0.744. The molecule has 1 aromatic carbocycles. The Labute approximate surface area is 135 Å². The summed E-state index contributed by atoms with van der Waals surface area (Å²) < 4.78 is 10.4. The van der Waals surface area contributed by atoms with Crippen molar-refractivity contribution in [2.24, 2.45) is 0 Å². The summed E-state index contributed by atoms with van der Waals surface area (Å²) in [5.41, 5.74) is 0.880. The molecule has 0 unspecified atom stereocenters. The molecular weight excluding hydrogens is 300 g/mol. The molecule has 7 heteroatoms. The van der Waals surface area contributed by atoms with Gasteiger partial charge in [0.15, 0.2) is 0 Å². The van der Waals surface area contributed by atoms with Gasteiger partial charge in [0.25, 0.3) is 0 Å². The molecular formula is C16H22N2O5. The van der Waals surface area contributed by atoms with Gasteiger partial charge in [-0.3, -0.25) is 9.69 Å². The first kappa shape index (κ1) is 17.2. The minimum atomic E-state index is -0.952. The minimum Gasteiger partial charge on any atom is -0.481 e. The first-order chi connectivity index (χ1) is 11.1. The van der Waals surface area contributed by atoms with E-state index >= 15 is 0 Å². The van der Waals surface area contributed by atoms with Gasteiger partial charge in [0, 0.05) is 19.6 Å². The Hall–Kier alpha value is -2.12. The van der Waals surface area contributed by atoms with Crippen molar-refractivity contribution in [2.45, 2.75) is 19.1 Å². The zero-order valence-corrected chi connectivity index (χ0v) is 12.9. The van der Waals surface area contributed by atoms with Crippen molar-refractivity contribution in [3.8, 4) is 0 Å². The van der Waals surface area contributed by atoms with E-state index in [1.165, 1.54) is 0 Å². The monoisotopic (exact) mass is 322 g/mol. The van der Waals surface area contributed by atoms with Gasteiger partial charge in [-0.05, 0) is 5.56 Å². The number of nitrogens with one attached hydrogen (secondary N) is 1. The van der Waals surface area contributed by atoms with Crippen LogP contribution in [0.3, 0.4) is 0 Å². The Balaban J connectivity index is 1.80. The predicted octanol–water partition coefficient (Wildman–Crippen LogP) is 1.09. The summed E-state index contributed by atoms with van der Waals surface area (Å²) in [5, 5.41) is 11.6. The fraction of sp³-hybridized carbons (Fsp3) is 0.500. The van der Waals surface area contributed by atoms with Crippen LogP contribution in [0.4, 0.5) is 4.79 Å². The van der Waals surface area contributed by atoms with E-state index in [-0.39, 0.29) is 13.0 Å². The van der Waals surface area contributed by atoms with Crippen LogP contribution in [0, 0.1) is 0 Å². The molecule has 0 aromatic heterocycles. The van der Waals surface area contributed by atoms with E-state index in [9.17, 15) is 9.59 Å². The molecule has 7 nitrogen and oxygen atoms in total. The van der Waals surface area contributed by atoms with Gasteiger partial charge in [-0.1, -0.05) is 30.3 Å². The second kappa shape index (κ2) is 9.12. The Kier molecular flexibility index (Phi) is 6.83. The number of aliphatic carboxylic acids is 1. The number of benzene rings is 1. The second-order valence-corrected chi connectivity index (χ2v) is 5.41. The molecule has 1 saturated heterocycles. The van der Waals surface area contributed by atoms with E-state index in [1.54, 1.807) is 0 Å². The summed E-state index contributed by atoms with van der Waals surface area (Å²) in [5.74, 6) is -0.952. The number of morpholine rings is 1. The van der Waals surface area contributed by atoms with Gasteiger partial charge in [0.1, 0.15) is 6.61 Å². The number of hydrogen-bond donors (Lipinski definition) is 2. The van der Waals surface area contributed by atoms with Crippen molar-refractivity contribution in [3.63, 3.8) is 0 Å². The van der Waals surface area contributed by atoms with Gasteiger partial charge in [-0.2, -0.15) is 0 Å². The summed E-state index contributed by atoms with van der Waals surface area (Å²) in [7, 11) is 0. The standard InChI is InChI=1S/C16H22N2O5/c19-15(20)10-14(11-18-6-8-22-9-7-18)17-16(21)23-12-13-4-2-1-3-5-13/h1-5,14H,6-12H2,(H,17,21)(H,19,20)/t14-/m0/s1. The van der Waals surface area contributed by atoms with Crippen LogP contribution < -0.4 is 5.32 Å². The van der Waals surface area contributed by atoms with E-state index in [0.717, 1.165) is 18.7 Å². The van der Waals surface area contributed by atoms with Crippen LogP contribution in [0.15, 0.2) is 30.3 Å². The lowest BCUT2D eigenvalue weighted by Gasteiger charge is -2.30. The zero-order valence-electron chi connectivity index (χ0n) is 12.9. The van der Waals surface area contributed by atoms with Gasteiger partial charge < -0.3 is 19.9 Å². The van der Waals surface area contributed by atoms with Crippen molar-refractivity contribution in [1.82, 2.24) is 10.2 Å². The second-order valence-electron chi connectivity index (χ2n) is 5.41. The maximum atomic E-state index is 11.9. The highest BCUT2D eigenvalue weighted by molar-refractivity contribution is 5.71. The number of alkyl carbamates (subject to hydrolysis) is 1. The van der Waals surface area contributed by atoms with Crippen molar-refractivity contribution in [3.05, 3.63) is 35.9 Å². The summed E-state index contributed by atoms with van der Waals surface area (Å²) in [4.78, 5) is 24.9. The molecule has 0 saturated carbocycles. The van der Waals surface area contributed by atoms with E-state index in [2.05, 4.69) is 10.2 Å². The average Bonchev–Trinajstić information content (AvgIpc) is 2.54. The highest BCUT2D eigenvalue weighted by Gasteiger charge is 2.21. The topological polar surface area (TPSA) is 88.1 Å². The van der Waals surface area contributed by atoms with Crippen molar-refractivity contribution in [2.75, 3.05) is 32.8 Å². The number of rotatable bonds is 7. The maximum Gasteiger partial charge on any atom is 0.407 e. The third-order valence-electron chi connectivity index (χ3n) is 3.54. The quantitative estimate of drug-likeness (QED) is 0.781. The Morgan fingerprint density at radius 1 is 1.26 bits per heavy atom. The zero-order chi connectivity index (χ0) is 16.5. The number of nitrogens with zero attached hydrogens (tertiary/aromatic N) is 1. The lowest BCUT2D eigenvalue weighted by Crippen LogP contribution is -2.48. The van der Waals surface area contributed by atoms with Crippen LogP contribution in [0.5, 0.6) is 0 Å². The third-order valence-corrected chi connectivity index (χ3v) is 3.54. The molecule has 0 aliphatic carbocycles. The Morgan fingerprint density at radius 2 is 1.96 bits per heavy atom. The van der Waals surface area contributed by atoms with Crippen molar-refractivity contribution in [1.29, 1.82) is 0 Å². The lowest BCUT2D eigenvalue weighted by molar-refractivity contribution is -0.137. The molecule has 1 heterocycles. The van der Waals surface area contributed by atoms with E-state index in [1.807, 2.05) is 30.3 Å². The molecule has 1 amide bonds. The molecule has 2 N–H and O–H groups in total. The first-order valence-corrected chi connectivity index (χ1v) is 7.62. The van der Waals surface area contributed by atoms with E-state index < -0.39 is 18.1 Å². The molecule has 23 heavy (non-hydrogen) atoms. The van der Waals surface area contributed by atoms with Crippen molar-refractivity contribution >= 4 is 12.1 Å². The van der Waals surface area contributed by atoms with Crippen molar-refractivity contribution < 1.29 is 24.2 Å². The van der Waals surface area contributed by atoms with Crippen LogP contribution in [0.1, 0.15) is 12.0 Å².